The van der Waals surface area contributed by atoms with Gasteiger partial charge in [-0.3, -0.25) is 10.1 Å². The molecule has 98 valence electrons. The summed E-state index contributed by atoms with van der Waals surface area (Å²) in [4.78, 5) is 13.9. The zero-order valence-corrected chi connectivity index (χ0v) is 10.4. The fourth-order valence-electron chi connectivity index (χ4n) is 2.95. The molecule has 0 aromatic rings. The van der Waals surface area contributed by atoms with Crippen molar-refractivity contribution in [3.8, 4) is 0 Å². The molecule has 0 saturated carbocycles. The largest absolute Gasteiger partial charge is 0.341 e. The molecule has 3 unspecified atom stereocenters. The van der Waals surface area contributed by atoms with E-state index in [1.54, 1.807) is 4.90 Å². The van der Waals surface area contributed by atoms with Gasteiger partial charge >= 0.3 is 0 Å². The van der Waals surface area contributed by atoms with Gasteiger partial charge in [-0.25, -0.2) is 8.78 Å². The molecule has 0 aromatic heterocycles. The van der Waals surface area contributed by atoms with Gasteiger partial charge in [-0.15, -0.1) is 0 Å². The Balaban J connectivity index is 1.96. The fourth-order valence-corrected chi connectivity index (χ4v) is 2.95. The van der Waals surface area contributed by atoms with Crippen molar-refractivity contribution in [3.05, 3.63) is 0 Å². The molecule has 0 spiro atoms. The van der Waals surface area contributed by atoms with Gasteiger partial charge in [0.2, 0.25) is 5.91 Å². The zero-order valence-electron chi connectivity index (χ0n) is 10.4. The highest BCUT2D eigenvalue weighted by Gasteiger charge is 2.44. The number of hydrogen-bond donors (Lipinski definition) is 1. The van der Waals surface area contributed by atoms with Crippen molar-refractivity contribution in [2.45, 2.75) is 38.7 Å². The van der Waals surface area contributed by atoms with Gasteiger partial charge in [0.15, 0.2) is 0 Å². The minimum Gasteiger partial charge on any atom is -0.341 e. The Morgan fingerprint density at radius 3 is 2.35 bits per heavy atom. The summed E-state index contributed by atoms with van der Waals surface area (Å²) >= 11 is 0. The summed E-state index contributed by atoms with van der Waals surface area (Å²) in [7, 11) is 0. The lowest BCUT2D eigenvalue weighted by Gasteiger charge is -2.36. The smallest absolute Gasteiger partial charge is 0.262 e. The van der Waals surface area contributed by atoms with E-state index in [9.17, 15) is 13.6 Å². The van der Waals surface area contributed by atoms with E-state index in [1.165, 1.54) is 0 Å². The molecule has 1 N–H and O–H groups in total. The molecule has 2 aliphatic heterocycles. The molecule has 2 heterocycles. The lowest BCUT2D eigenvalue weighted by molar-refractivity contribution is -0.136. The summed E-state index contributed by atoms with van der Waals surface area (Å²) in [5, 5.41) is 2.63. The van der Waals surface area contributed by atoms with Crippen LogP contribution in [0.4, 0.5) is 8.78 Å². The van der Waals surface area contributed by atoms with Crippen LogP contribution in [-0.4, -0.2) is 42.4 Å². The molecule has 2 rings (SSSR count). The lowest BCUT2D eigenvalue weighted by atomic mass is 9.91. The number of carbonyl (C=O) groups is 1. The van der Waals surface area contributed by atoms with Crippen LogP contribution < -0.4 is 5.32 Å². The van der Waals surface area contributed by atoms with Gasteiger partial charge in [-0.2, -0.15) is 0 Å². The normalized spacial score (nSPS) is 37.2. The molecular formula is C12H20F2N2O. The second kappa shape index (κ2) is 4.52. The van der Waals surface area contributed by atoms with E-state index < -0.39 is 12.0 Å². The molecule has 0 aliphatic carbocycles. The molecule has 1 amide bonds. The number of amides is 1. The van der Waals surface area contributed by atoms with Gasteiger partial charge in [0.1, 0.15) is 0 Å². The third kappa shape index (κ3) is 2.94. The van der Waals surface area contributed by atoms with Crippen molar-refractivity contribution in [1.82, 2.24) is 10.2 Å². The van der Waals surface area contributed by atoms with Crippen LogP contribution in [0.15, 0.2) is 0 Å². The summed E-state index contributed by atoms with van der Waals surface area (Å²) in [5.41, 5.74) is 0. The monoisotopic (exact) mass is 246 g/mol. The van der Waals surface area contributed by atoms with Gasteiger partial charge in [-0.05, 0) is 18.3 Å². The minimum absolute atomic E-state index is 0.152. The van der Waals surface area contributed by atoms with Crippen LogP contribution in [0.25, 0.3) is 0 Å². The summed E-state index contributed by atoms with van der Waals surface area (Å²) in [5.74, 6) is -1.96. The maximum Gasteiger partial charge on any atom is 0.262 e. The average Bonchev–Trinajstić information content (AvgIpc) is 2.56. The Morgan fingerprint density at radius 1 is 1.29 bits per heavy atom. The number of nitrogens with one attached hydrogen (secondary N) is 1. The van der Waals surface area contributed by atoms with Gasteiger partial charge < -0.3 is 4.90 Å². The molecule has 0 aromatic carbocycles. The number of piperidine rings is 1. The Hall–Kier alpha value is -0.710. The molecule has 0 bridgehead atoms. The topological polar surface area (TPSA) is 32.3 Å². The van der Waals surface area contributed by atoms with E-state index in [2.05, 4.69) is 19.2 Å². The van der Waals surface area contributed by atoms with E-state index in [1.807, 2.05) is 0 Å². The zero-order chi connectivity index (χ0) is 12.6. The first-order valence-corrected chi connectivity index (χ1v) is 6.27. The third-order valence-corrected chi connectivity index (χ3v) is 3.59. The second-order valence-electron chi connectivity index (χ2n) is 5.68. The van der Waals surface area contributed by atoms with Crippen molar-refractivity contribution >= 4 is 5.91 Å². The van der Waals surface area contributed by atoms with Crippen LogP contribution in [0.5, 0.6) is 0 Å². The van der Waals surface area contributed by atoms with E-state index >= 15 is 0 Å². The predicted octanol–water partition coefficient (Wildman–Crippen LogP) is 1.49. The highest BCUT2D eigenvalue weighted by Crippen LogP contribution is 2.28. The number of carbonyl (C=O) groups excluding carboxylic acids is 1. The van der Waals surface area contributed by atoms with Gasteiger partial charge in [0.25, 0.3) is 5.92 Å². The van der Waals surface area contributed by atoms with Crippen LogP contribution >= 0.6 is 0 Å². The molecule has 2 saturated heterocycles. The van der Waals surface area contributed by atoms with Crippen molar-refractivity contribution in [2.24, 2.45) is 11.8 Å². The minimum atomic E-state index is -2.73. The molecule has 0 radical (unpaired) electrons. The van der Waals surface area contributed by atoms with Crippen LogP contribution in [0.2, 0.25) is 0 Å². The first-order valence-electron chi connectivity index (χ1n) is 6.27. The molecule has 3 atom stereocenters. The molecule has 2 fully saturated rings. The number of hydrogen-bond acceptors (Lipinski definition) is 2. The van der Waals surface area contributed by atoms with Gasteiger partial charge in [0.05, 0.1) is 12.6 Å². The van der Waals surface area contributed by atoms with E-state index in [0.29, 0.717) is 24.9 Å². The number of alkyl halides is 2. The summed E-state index contributed by atoms with van der Waals surface area (Å²) in [6.45, 7) is 5.24. The van der Waals surface area contributed by atoms with Gasteiger partial charge in [0, 0.05) is 19.5 Å². The fraction of sp³-hybridized carbons (Fsp3) is 0.917. The number of rotatable bonds is 1. The standard InChI is InChI=1S/C12H20F2N2O/c1-8-3-9(2)6-16(5-8)11(17)10-4-12(13,14)7-15-10/h8-10,15H,3-7H2,1-2H3. The number of halogens is 2. The summed E-state index contributed by atoms with van der Waals surface area (Å²) in [6.07, 6.45) is 0.753. The Kier molecular flexibility index (Phi) is 3.39. The average molecular weight is 246 g/mol. The molecule has 2 aliphatic rings. The highest BCUT2D eigenvalue weighted by atomic mass is 19.3. The quantitative estimate of drug-likeness (QED) is 0.760. The Labute approximate surface area is 101 Å². The van der Waals surface area contributed by atoms with E-state index in [0.717, 1.165) is 6.42 Å². The van der Waals surface area contributed by atoms with Crippen LogP contribution in [0.3, 0.4) is 0 Å². The SMILES string of the molecule is CC1CC(C)CN(C(=O)C2CC(F)(F)CN2)C1. The molecule has 5 heteroatoms. The van der Waals surface area contributed by atoms with Crippen molar-refractivity contribution in [1.29, 1.82) is 0 Å². The van der Waals surface area contributed by atoms with Crippen LogP contribution in [0.1, 0.15) is 26.7 Å². The van der Waals surface area contributed by atoms with E-state index in [-0.39, 0.29) is 18.9 Å². The lowest BCUT2D eigenvalue weighted by Crippen LogP contribution is -2.49. The van der Waals surface area contributed by atoms with Gasteiger partial charge in [-0.1, -0.05) is 13.8 Å². The number of nitrogens with zero attached hydrogens (tertiary/aromatic N) is 1. The Morgan fingerprint density at radius 2 is 1.88 bits per heavy atom. The maximum atomic E-state index is 13.0. The summed E-state index contributed by atoms with van der Waals surface area (Å²) < 4.78 is 26.1. The third-order valence-electron chi connectivity index (χ3n) is 3.59. The van der Waals surface area contributed by atoms with Crippen LogP contribution in [0, 0.1) is 11.8 Å². The highest BCUT2D eigenvalue weighted by molar-refractivity contribution is 5.82. The molecule has 17 heavy (non-hydrogen) atoms. The van der Waals surface area contributed by atoms with Crippen molar-refractivity contribution in [3.63, 3.8) is 0 Å². The van der Waals surface area contributed by atoms with E-state index in [4.69, 9.17) is 0 Å². The predicted molar refractivity (Wildman–Crippen MR) is 60.9 cm³/mol. The molecule has 3 nitrogen and oxygen atoms in total. The maximum absolute atomic E-state index is 13.0. The first-order chi connectivity index (χ1) is 7.87. The van der Waals surface area contributed by atoms with Crippen molar-refractivity contribution in [2.75, 3.05) is 19.6 Å². The second-order valence-corrected chi connectivity index (χ2v) is 5.68. The summed E-state index contributed by atoms with van der Waals surface area (Å²) in [6, 6.07) is -0.692. The van der Waals surface area contributed by atoms with Crippen LogP contribution in [-0.2, 0) is 4.79 Å². The first kappa shape index (κ1) is 12.7. The molecular weight excluding hydrogens is 226 g/mol. The van der Waals surface area contributed by atoms with Crippen molar-refractivity contribution < 1.29 is 13.6 Å². The Bertz CT molecular complexity index is 299. The number of likely N-dealkylation sites (tertiary alicyclic amines) is 1.